The molecular formula is C15H20N2O5S. The average Bonchev–Trinajstić information content (AvgIpc) is 2.79. The van der Waals surface area contributed by atoms with E-state index < -0.39 is 26.8 Å². The molecule has 0 aromatic heterocycles. The Labute approximate surface area is 135 Å². The zero-order valence-electron chi connectivity index (χ0n) is 13.3. The van der Waals surface area contributed by atoms with Crippen molar-refractivity contribution in [3.05, 3.63) is 29.8 Å². The van der Waals surface area contributed by atoms with Gasteiger partial charge < -0.3 is 9.64 Å². The van der Waals surface area contributed by atoms with Gasteiger partial charge in [0.15, 0.2) is 0 Å². The first-order valence-electron chi connectivity index (χ1n) is 7.13. The van der Waals surface area contributed by atoms with Gasteiger partial charge in [0.1, 0.15) is 10.9 Å². The molecule has 0 aliphatic carbocycles. The van der Waals surface area contributed by atoms with Crippen molar-refractivity contribution in [2.24, 2.45) is 5.14 Å². The first-order valence-corrected chi connectivity index (χ1v) is 8.74. The van der Waals surface area contributed by atoms with Gasteiger partial charge in [-0.05, 0) is 39.0 Å². The molecule has 1 atom stereocenters. The summed E-state index contributed by atoms with van der Waals surface area (Å²) in [7, 11) is -3.78. The highest BCUT2D eigenvalue weighted by molar-refractivity contribution is 7.89. The van der Waals surface area contributed by atoms with Crippen LogP contribution in [0.3, 0.4) is 0 Å². The van der Waals surface area contributed by atoms with Gasteiger partial charge in [-0.1, -0.05) is 6.07 Å². The number of nitrogens with zero attached hydrogens (tertiary/aromatic N) is 1. The number of hydrogen-bond acceptors (Lipinski definition) is 5. The van der Waals surface area contributed by atoms with Crippen molar-refractivity contribution in [1.82, 2.24) is 0 Å². The Bertz CT molecular complexity index is 736. The van der Waals surface area contributed by atoms with E-state index in [1.807, 2.05) is 0 Å². The van der Waals surface area contributed by atoms with Crippen LogP contribution in [0.25, 0.3) is 0 Å². The maximum absolute atomic E-state index is 12.1. The molecule has 2 rings (SSSR count). The highest BCUT2D eigenvalue weighted by Crippen LogP contribution is 2.25. The number of hydrogen-bond donors (Lipinski definition) is 1. The molecule has 1 amide bonds. The first kappa shape index (κ1) is 17.4. The molecule has 7 nitrogen and oxygen atoms in total. The molecule has 0 saturated carbocycles. The zero-order valence-corrected chi connectivity index (χ0v) is 14.1. The fourth-order valence-corrected chi connectivity index (χ4v) is 3.01. The van der Waals surface area contributed by atoms with Gasteiger partial charge in [0.25, 0.3) is 0 Å². The minimum absolute atomic E-state index is 0.0184. The van der Waals surface area contributed by atoms with Gasteiger partial charge in [-0.25, -0.2) is 18.4 Å². The predicted molar refractivity (Wildman–Crippen MR) is 85.5 cm³/mol. The smallest absolute Gasteiger partial charge is 0.338 e. The van der Waals surface area contributed by atoms with Gasteiger partial charge in [-0.15, -0.1) is 0 Å². The Morgan fingerprint density at radius 3 is 2.52 bits per heavy atom. The monoisotopic (exact) mass is 340 g/mol. The average molecular weight is 340 g/mol. The first-order chi connectivity index (χ1) is 10.5. The third-order valence-electron chi connectivity index (χ3n) is 3.35. The molecule has 126 valence electrons. The van der Waals surface area contributed by atoms with Crippen LogP contribution in [0.2, 0.25) is 0 Å². The molecule has 0 bridgehead atoms. The Kier molecular flexibility index (Phi) is 4.50. The van der Waals surface area contributed by atoms with E-state index in [2.05, 4.69) is 0 Å². The number of esters is 1. The van der Waals surface area contributed by atoms with Crippen LogP contribution in [0, 0.1) is 0 Å². The Morgan fingerprint density at radius 2 is 2.00 bits per heavy atom. The van der Waals surface area contributed by atoms with Gasteiger partial charge in [-0.2, -0.15) is 0 Å². The Balaban J connectivity index is 2.24. The van der Waals surface area contributed by atoms with E-state index in [0.717, 1.165) is 0 Å². The van der Waals surface area contributed by atoms with Gasteiger partial charge in [0.2, 0.25) is 15.9 Å². The summed E-state index contributed by atoms with van der Waals surface area (Å²) in [6.07, 6.45) is -0.157. The quantitative estimate of drug-likeness (QED) is 0.827. The molecule has 2 N–H and O–H groups in total. The van der Waals surface area contributed by atoms with Crippen molar-refractivity contribution < 1.29 is 22.7 Å². The molecule has 1 aromatic rings. The van der Waals surface area contributed by atoms with E-state index in [9.17, 15) is 18.0 Å². The zero-order chi connectivity index (χ0) is 17.4. The van der Waals surface area contributed by atoms with Crippen LogP contribution in [0.5, 0.6) is 0 Å². The molecule has 1 aromatic carbocycles. The summed E-state index contributed by atoms with van der Waals surface area (Å²) in [5, 5.41) is 4.18. The highest BCUT2D eigenvalue weighted by Gasteiger charge is 2.37. The van der Waals surface area contributed by atoms with E-state index in [0.29, 0.717) is 11.3 Å². The number of anilines is 1. The lowest BCUT2D eigenvalue weighted by molar-refractivity contribution is -0.117. The van der Waals surface area contributed by atoms with E-state index in [1.165, 1.54) is 11.0 Å². The van der Waals surface area contributed by atoms with Crippen LogP contribution in [-0.2, 0) is 19.6 Å². The van der Waals surface area contributed by atoms with Crippen LogP contribution in [0.4, 0.5) is 5.69 Å². The Morgan fingerprint density at radius 1 is 1.35 bits per heavy atom. The number of ether oxygens (including phenoxy) is 1. The topological polar surface area (TPSA) is 107 Å². The van der Waals surface area contributed by atoms with Crippen molar-refractivity contribution in [2.45, 2.75) is 38.0 Å². The molecule has 8 heteroatoms. The summed E-state index contributed by atoms with van der Waals surface area (Å²) in [6.45, 7) is 5.26. The lowest BCUT2D eigenvalue weighted by Crippen LogP contribution is -2.32. The molecule has 1 aliphatic heterocycles. The van der Waals surface area contributed by atoms with Crippen molar-refractivity contribution in [3.63, 3.8) is 0 Å². The van der Waals surface area contributed by atoms with Gasteiger partial charge in [-0.3, -0.25) is 4.79 Å². The summed E-state index contributed by atoms with van der Waals surface area (Å²) >= 11 is 0. The fourth-order valence-electron chi connectivity index (χ4n) is 2.28. The van der Waals surface area contributed by atoms with Crippen LogP contribution >= 0.6 is 0 Å². The van der Waals surface area contributed by atoms with Crippen molar-refractivity contribution in [1.29, 1.82) is 0 Å². The van der Waals surface area contributed by atoms with Crippen molar-refractivity contribution in [3.8, 4) is 0 Å². The van der Waals surface area contributed by atoms with E-state index in [4.69, 9.17) is 9.88 Å². The largest absolute Gasteiger partial charge is 0.456 e. The number of amides is 1. The maximum atomic E-state index is 12.1. The van der Waals surface area contributed by atoms with Crippen LogP contribution < -0.4 is 10.0 Å². The standard InChI is InChI=1S/C15H20N2O5S/c1-15(2,3)22-14(19)10-5-4-6-11(7-10)17-9-12(8-13(17)18)23(16,20)21/h4-7,12H,8-9H2,1-3H3,(H2,16,20,21). The molecular weight excluding hydrogens is 320 g/mol. The van der Waals surface area contributed by atoms with Crippen molar-refractivity contribution in [2.75, 3.05) is 11.4 Å². The molecule has 1 aliphatic rings. The van der Waals surface area contributed by atoms with E-state index in [-0.39, 0.29) is 18.9 Å². The van der Waals surface area contributed by atoms with Gasteiger partial charge in [0.05, 0.1) is 5.56 Å². The predicted octanol–water partition coefficient (Wildman–Crippen LogP) is 1.04. The molecule has 1 heterocycles. The number of carbonyl (C=O) groups excluding carboxylic acids is 2. The van der Waals surface area contributed by atoms with Gasteiger partial charge in [0, 0.05) is 18.7 Å². The van der Waals surface area contributed by atoms with E-state index >= 15 is 0 Å². The number of rotatable bonds is 3. The Hall–Kier alpha value is -1.93. The summed E-state index contributed by atoms with van der Waals surface area (Å²) in [4.78, 5) is 25.4. The third kappa shape index (κ3) is 4.29. The van der Waals surface area contributed by atoms with Crippen LogP contribution in [-0.4, -0.2) is 37.7 Å². The molecule has 0 radical (unpaired) electrons. The summed E-state index contributed by atoms with van der Waals surface area (Å²) < 4.78 is 28.1. The lowest BCUT2D eigenvalue weighted by atomic mass is 10.1. The SMILES string of the molecule is CC(C)(C)OC(=O)c1cccc(N2CC(S(N)(=O)=O)CC2=O)c1. The number of primary sulfonamides is 1. The number of nitrogens with two attached hydrogens (primary N) is 1. The van der Waals surface area contributed by atoms with Gasteiger partial charge >= 0.3 is 5.97 Å². The molecule has 23 heavy (non-hydrogen) atoms. The lowest BCUT2D eigenvalue weighted by Gasteiger charge is -2.21. The third-order valence-corrected chi connectivity index (χ3v) is 4.59. The molecule has 1 unspecified atom stereocenters. The summed E-state index contributed by atoms with van der Waals surface area (Å²) in [5.74, 6) is -0.848. The minimum atomic E-state index is -3.78. The van der Waals surface area contributed by atoms with Crippen LogP contribution in [0.15, 0.2) is 24.3 Å². The summed E-state index contributed by atoms with van der Waals surface area (Å²) in [5.41, 5.74) is 0.115. The molecule has 1 fully saturated rings. The minimum Gasteiger partial charge on any atom is -0.456 e. The second-order valence-electron chi connectivity index (χ2n) is 6.47. The van der Waals surface area contributed by atoms with Crippen molar-refractivity contribution >= 4 is 27.6 Å². The second kappa shape index (κ2) is 5.93. The molecule has 0 spiro atoms. The number of benzene rings is 1. The van der Waals surface area contributed by atoms with Crippen LogP contribution in [0.1, 0.15) is 37.6 Å². The number of sulfonamides is 1. The normalized spacial score (nSPS) is 19.0. The highest BCUT2D eigenvalue weighted by atomic mass is 32.2. The number of carbonyl (C=O) groups is 2. The second-order valence-corrected chi connectivity index (χ2v) is 8.32. The fraction of sp³-hybridized carbons (Fsp3) is 0.467. The van der Waals surface area contributed by atoms with E-state index in [1.54, 1.807) is 39.0 Å². The maximum Gasteiger partial charge on any atom is 0.338 e. The molecule has 1 saturated heterocycles. The summed E-state index contributed by atoms with van der Waals surface area (Å²) in [6, 6.07) is 6.34.